The predicted molar refractivity (Wildman–Crippen MR) is 48.1 cm³/mol. The van der Waals surface area contributed by atoms with Gasteiger partial charge in [0.25, 0.3) is 0 Å². The van der Waals surface area contributed by atoms with Gasteiger partial charge in [-0.1, -0.05) is 0 Å². The molecule has 0 fully saturated rings. The van der Waals surface area contributed by atoms with Crippen molar-refractivity contribution in [1.29, 1.82) is 0 Å². The number of hydrogen-bond donors (Lipinski definition) is 1. The minimum atomic E-state index is -0.243. The molecule has 2 aromatic rings. The molecule has 0 spiro atoms. The first-order valence-corrected chi connectivity index (χ1v) is 3.93. The van der Waals surface area contributed by atoms with Gasteiger partial charge in [-0.15, -0.1) is 0 Å². The normalized spacial score (nSPS) is 10.8. The van der Waals surface area contributed by atoms with E-state index in [1.54, 1.807) is 17.7 Å². The van der Waals surface area contributed by atoms with Crippen molar-refractivity contribution in [1.82, 2.24) is 9.55 Å². The van der Waals surface area contributed by atoms with E-state index in [1.807, 2.05) is 0 Å². The van der Waals surface area contributed by atoms with Gasteiger partial charge in [-0.3, -0.25) is 0 Å². The van der Waals surface area contributed by atoms with Crippen LogP contribution in [0.4, 0.5) is 4.39 Å². The van der Waals surface area contributed by atoms with E-state index >= 15 is 0 Å². The maximum atomic E-state index is 12.8. The Balaban J connectivity index is 2.98. The van der Waals surface area contributed by atoms with Gasteiger partial charge in [0.05, 0.1) is 11.0 Å². The van der Waals surface area contributed by atoms with E-state index in [2.05, 4.69) is 4.98 Å². The van der Waals surface area contributed by atoms with E-state index in [0.717, 1.165) is 11.0 Å². The molecule has 1 aromatic heterocycles. The molecule has 0 atom stereocenters. The van der Waals surface area contributed by atoms with Gasteiger partial charge in [-0.25, -0.2) is 4.39 Å². The van der Waals surface area contributed by atoms with Crippen molar-refractivity contribution < 1.29 is 4.39 Å². The van der Waals surface area contributed by atoms with Gasteiger partial charge in [0.15, 0.2) is 4.77 Å². The second-order valence-corrected chi connectivity index (χ2v) is 3.04. The molecule has 12 heavy (non-hydrogen) atoms. The highest BCUT2D eigenvalue weighted by Crippen LogP contribution is 2.13. The quantitative estimate of drug-likeness (QED) is 0.620. The monoisotopic (exact) mass is 182 g/mol. The number of rotatable bonds is 0. The summed E-state index contributed by atoms with van der Waals surface area (Å²) in [6.45, 7) is 0. The minimum Gasteiger partial charge on any atom is -0.331 e. The van der Waals surface area contributed by atoms with E-state index in [9.17, 15) is 4.39 Å². The van der Waals surface area contributed by atoms with Crippen LogP contribution < -0.4 is 0 Å². The summed E-state index contributed by atoms with van der Waals surface area (Å²) in [6.07, 6.45) is 0. The molecular formula is C8H7FN2S. The lowest BCUT2D eigenvalue weighted by atomic mass is 10.3. The van der Waals surface area contributed by atoms with Crippen LogP contribution in [0.25, 0.3) is 11.0 Å². The summed E-state index contributed by atoms with van der Waals surface area (Å²) in [4.78, 5) is 2.97. The lowest BCUT2D eigenvalue weighted by Crippen LogP contribution is -1.86. The largest absolute Gasteiger partial charge is 0.331 e. The highest BCUT2D eigenvalue weighted by atomic mass is 32.1. The summed E-state index contributed by atoms with van der Waals surface area (Å²) in [5.41, 5.74) is 1.66. The third-order valence-electron chi connectivity index (χ3n) is 1.87. The van der Waals surface area contributed by atoms with Crippen molar-refractivity contribution in [3.05, 3.63) is 28.8 Å². The Labute approximate surface area is 73.6 Å². The Morgan fingerprint density at radius 2 is 2.25 bits per heavy atom. The van der Waals surface area contributed by atoms with E-state index in [4.69, 9.17) is 12.2 Å². The Bertz CT molecular complexity index is 483. The third-order valence-corrected chi connectivity index (χ3v) is 2.24. The molecule has 0 saturated carbocycles. The van der Waals surface area contributed by atoms with Gasteiger partial charge in [-0.2, -0.15) is 0 Å². The Morgan fingerprint density at radius 3 is 3.00 bits per heavy atom. The average Bonchev–Trinajstić information content (AvgIpc) is 2.31. The summed E-state index contributed by atoms with van der Waals surface area (Å²) in [5.74, 6) is -0.243. The maximum absolute atomic E-state index is 12.8. The first-order valence-electron chi connectivity index (χ1n) is 3.53. The number of hydrogen-bond acceptors (Lipinski definition) is 1. The number of H-pyrrole nitrogens is 1. The van der Waals surface area contributed by atoms with E-state index < -0.39 is 0 Å². The van der Waals surface area contributed by atoms with E-state index in [1.165, 1.54) is 12.1 Å². The summed E-state index contributed by atoms with van der Waals surface area (Å²) in [7, 11) is 1.81. The molecule has 1 N–H and O–H groups in total. The van der Waals surface area contributed by atoms with E-state index in [-0.39, 0.29) is 5.82 Å². The molecule has 0 aliphatic heterocycles. The van der Waals surface area contributed by atoms with Crippen molar-refractivity contribution in [3.63, 3.8) is 0 Å². The van der Waals surface area contributed by atoms with Crippen molar-refractivity contribution in [2.75, 3.05) is 0 Å². The van der Waals surface area contributed by atoms with Crippen LogP contribution in [0.5, 0.6) is 0 Å². The number of aryl methyl sites for hydroxylation is 1. The van der Waals surface area contributed by atoms with Crippen molar-refractivity contribution in [2.24, 2.45) is 7.05 Å². The summed E-state index contributed by atoms with van der Waals surface area (Å²) < 4.78 is 15.1. The van der Waals surface area contributed by atoms with Crippen LogP contribution >= 0.6 is 12.2 Å². The highest BCUT2D eigenvalue weighted by Gasteiger charge is 2.00. The van der Waals surface area contributed by atoms with Gasteiger partial charge in [0.1, 0.15) is 5.82 Å². The van der Waals surface area contributed by atoms with Crippen LogP contribution in [0, 0.1) is 10.6 Å². The zero-order valence-electron chi connectivity index (χ0n) is 6.47. The lowest BCUT2D eigenvalue weighted by Gasteiger charge is -1.92. The predicted octanol–water partition coefficient (Wildman–Crippen LogP) is 2.37. The molecule has 62 valence electrons. The smallest absolute Gasteiger partial charge is 0.177 e. The molecule has 4 heteroatoms. The first-order chi connectivity index (χ1) is 5.68. The molecule has 0 aliphatic rings. The van der Waals surface area contributed by atoms with Crippen LogP contribution in [0.3, 0.4) is 0 Å². The second kappa shape index (κ2) is 2.42. The Kier molecular flexibility index (Phi) is 1.51. The summed E-state index contributed by atoms with van der Waals surface area (Å²) in [5, 5.41) is 0. The Morgan fingerprint density at radius 1 is 1.50 bits per heavy atom. The summed E-state index contributed by atoms with van der Waals surface area (Å²) in [6, 6.07) is 4.55. The van der Waals surface area contributed by atoms with Gasteiger partial charge < -0.3 is 9.55 Å². The van der Waals surface area contributed by atoms with Crippen LogP contribution in [-0.4, -0.2) is 9.55 Å². The topological polar surface area (TPSA) is 20.7 Å². The molecular weight excluding hydrogens is 175 g/mol. The van der Waals surface area contributed by atoms with Crippen LogP contribution in [-0.2, 0) is 7.05 Å². The molecule has 2 rings (SSSR count). The fourth-order valence-electron chi connectivity index (χ4n) is 1.20. The number of nitrogens with zero attached hydrogens (tertiary/aromatic N) is 1. The molecule has 0 unspecified atom stereocenters. The molecule has 0 radical (unpaired) electrons. The second-order valence-electron chi connectivity index (χ2n) is 2.65. The van der Waals surface area contributed by atoms with Crippen LogP contribution in [0.15, 0.2) is 18.2 Å². The van der Waals surface area contributed by atoms with Crippen molar-refractivity contribution in [2.45, 2.75) is 0 Å². The minimum absolute atomic E-state index is 0.243. The Hall–Kier alpha value is -1.16. The molecule has 0 aliphatic carbocycles. The third kappa shape index (κ3) is 0.956. The number of aromatic amines is 1. The molecule has 0 saturated heterocycles. The standard InChI is InChI=1S/C8H7FN2S/c1-11-7-4-5(9)2-3-6(7)10-8(11)12/h2-4H,1H3,(H,10,12). The zero-order chi connectivity index (χ0) is 8.72. The van der Waals surface area contributed by atoms with Crippen molar-refractivity contribution >= 4 is 23.3 Å². The molecule has 0 amide bonds. The molecule has 1 aromatic carbocycles. The van der Waals surface area contributed by atoms with Crippen LogP contribution in [0.1, 0.15) is 0 Å². The number of halogens is 1. The maximum Gasteiger partial charge on any atom is 0.177 e. The SMILES string of the molecule is Cn1c(=S)[nH]c2ccc(F)cc21. The average molecular weight is 182 g/mol. The van der Waals surface area contributed by atoms with Crippen LogP contribution in [0.2, 0.25) is 0 Å². The first kappa shape index (κ1) is 7.49. The molecule has 0 bridgehead atoms. The molecule has 2 nitrogen and oxygen atoms in total. The highest BCUT2D eigenvalue weighted by molar-refractivity contribution is 7.71. The van der Waals surface area contributed by atoms with Gasteiger partial charge in [-0.05, 0) is 30.4 Å². The zero-order valence-corrected chi connectivity index (χ0v) is 7.28. The number of fused-ring (bicyclic) bond motifs is 1. The summed E-state index contributed by atoms with van der Waals surface area (Å²) >= 11 is 4.98. The van der Waals surface area contributed by atoms with E-state index in [0.29, 0.717) is 4.77 Å². The number of nitrogens with one attached hydrogen (secondary N) is 1. The van der Waals surface area contributed by atoms with Gasteiger partial charge in [0.2, 0.25) is 0 Å². The fourth-order valence-corrected chi connectivity index (χ4v) is 1.40. The van der Waals surface area contributed by atoms with Gasteiger partial charge >= 0.3 is 0 Å². The number of benzene rings is 1. The van der Waals surface area contributed by atoms with Gasteiger partial charge in [0, 0.05) is 7.05 Å². The lowest BCUT2D eigenvalue weighted by molar-refractivity contribution is 0.629. The fraction of sp³-hybridized carbons (Fsp3) is 0.125. The number of aromatic nitrogens is 2. The van der Waals surface area contributed by atoms with Crippen molar-refractivity contribution in [3.8, 4) is 0 Å². The number of imidazole rings is 1. The molecule has 1 heterocycles.